The third kappa shape index (κ3) is 4.22. The molecule has 0 radical (unpaired) electrons. The summed E-state index contributed by atoms with van der Waals surface area (Å²) in [4.78, 5) is 14.4. The van der Waals surface area contributed by atoms with Crippen molar-refractivity contribution in [1.82, 2.24) is 14.5 Å². The Bertz CT molecular complexity index is 2240. The largest absolute Gasteiger partial charge is 2.00 e. The smallest absolute Gasteiger partial charge is 0.510 e. The zero-order chi connectivity index (χ0) is 31.3. The summed E-state index contributed by atoms with van der Waals surface area (Å²) in [6.45, 7) is 15.0. The van der Waals surface area contributed by atoms with E-state index in [-0.39, 0.29) is 26.5 Å². The van der Waals surface area contributed by atoms with E-state index in [0.717, 1.165) is 44.5 Å². The number of aromatic nitrogens is 3. The number of aliphatic imine (C=N–C) groups is 1. The van der Waals surface area contributed by atoms with E-state index < -0.39 is 11.1 Å². The monoisotopic (exact) mass is 785 g/mol. The van der Waals surface area contributed by atoms with Crippen LogP contribution in [0, 0.1) is 32.9 Å². The molecular formula is C39H34N4O2Pt. The Kier molecular flexibility index (Phi) is 6.85. The van der Waals surface area contributed by atoms with Gasteiger partial charge >= 0.3 is 21.1 Å². The Morgan fingerprint density at radius 3 is 2.35 bits per heavy atom. The number of hydrogen-bond donors (Lipinski definition) is 0. The quantitative estimate of drug-likeness (QED) is 0.168. The molecule has 4 heterocycles. The van der Waals surface area contributed by atoms with Gasteiger partial charge in [-0.2, -0.15) is 5.56 Å². The van der Waals surface area contributed by atoms with Crippen LogP contribution in [0.15, 0.2) is 84.2 Å². The molecule has 1 aliphatic carbocycles. The Balaban J connectivity index is 0.00000338. The first-order valence-electron chi connectivity index (χ1n) is 15.3. The molecule has 0 spiro atoms. The Morgan fingerprint density at radius 1 is 0.783 bits per heavy atom. The molecule has 6 nitrogen and oxygen atoms in total. The molecule has 2 atom stereocenters. The van der Waals surface area contributed by atoms with Crippen LogP contribution < -0.4 is 4.74 Å². The predicted octanol–water partition coefficient (Wildman–Crippen LogP) is 8.63. The van der Waals surface area contributed by atoms with Gasteiger partial charge in [0.05, 0.1) is 5.52 Å². The molecule has 3 aromatic heterocycles. The third-order valence-electron chi connectivity index (χ3n) is 10.1. The molecule has 0 unspecified atom stereocenters. The van der Waals surface area contributed by atoms with Crippen molar-refractivity contribution in [3.8, 4) is 17.2 Å². The Hall–Kier alpha value is -4.28. The van der Waals surface area contributed by atoms with Crippen molar-refractivity contribution in [3.63, 3.8) is 0 Å². The summed E-state index contributed by atoms with van der Waals surface area (Å²) in [6, 6.07) is 27.8. The van der Waals surface area contributed by atoms with Crippen molar-refractivity contribution in [1.29, 1.82) is 0 Å². The fraction of sp³-hybridized carbons (Fsp3) is 0.256. The number of aryl methyl sites for hydroxylation is 3. The second-order valence-electron chi connectivity index (χ2n) is 13.3. The number of nitrogens with zero attached hydrogens (tertiary/aromatic N) is 4. The van der Waals surface area contributed by atoms with Crippen molar-refractivity contribution in [3.05, 3.63) is 125 Å². The van der Waals surface area contributed by atoms with Crippen LogP contribution in [0.1, 0.15) is 61.1 Å². The SMILES string of the molecule is Cc1cc(Oc2[c-]c(-n3c4ccc(C)cc4c4cccnc43)cc(C)c2)[c-]c(C2=N[C@]3(C)c4ccncc4C(C)(C)[C@]3(C)O2)c1.[Pt+2]. The normalized spacial score (nSPS) is 21.0. The van der Waals surface area contributed by atoms with E-state index in [1.54, 1.807) is 0 Å². The van der Waals surface area contributed by atoms with E-state index >= 15 is 0 Å². The first-order valence-corrected chi connectivity index (χ1v) is 15.3. The van der Waals surface area contributed by atoms with Gasteiger partial charge in [0.15, 0.2) is 0 Å². The molecule has 0 amide bonds. The minimum Gasteiger partial charge on any atom is -0.510 e. The van der Waals surface area contributed by atoms with Crippen LogP contribution in [0.3, 0.4) is 0 Å². The maximum atomic E-state index is 6.81. The standard InChI is InChI=1S/C39H34N4O2.Pt/c1-23-10-11-34-31(19-23)30-9-8-13-41-35(30)43(34)27-16-25(3)18-29(21-27)44-28-17-24(2)15-26(20-28)36-42-38(6)32-12-14-40-22-33(32)37(4,5)39(38,7)45-36;/h8-19,22H,1-7H3;/q-2;+2/t38-,39+;/m1./s1. The van der Waals surface area contributed by atoms with Crippen LogP contribution in [0.2, 0.25) is 0 Å². The summed E-state index contributed by atoms with van der Waals surface area (Å²) in [6.07, 6.45) is 5.63. The first kappa shape index (κ1) is 30.4. The van der Waals surface area contributed by atoms with Gasteiger partial charge in [0, 0.05) is 46.3 Å². The summed E-state index contributed by atoms with van der Waals surface area (Å²) in [5.41, 5.74) is 7.77. The predicted molar refractivity (Wildman–Crippen MR) is 178 cm³/mol. The van der Waals surface area contributed by atoms with E-state index in [2.05, 4.69) is 106 Å². The van der Waals surface area contributed by atoms with Crippen molar-refractivity contribution >= 4 is 27.8 Å². The summed E-state index contributed by atoms with van der Waals surface area (Å²) >= 11 is 0. The summed E-state index contributed by atoms with van der Waals surface area (Å²) in [7, 11) is 0. The van der Waals surface area contributed by atoms with Crippen LogP contribution in [0.4, 0.5) is 0 Å². The fourth-order valence-electron chi connectivity index (χ4n) is 7.38. The minimum atomic E-state index is -0.590. The zero-order valence-corrected chi connectivity index (χ0v) is 29.2. The molecule has 3 aromatic carbocycles. The second kappa shape index (κ2) is 10.4. The summed E-state index contributed by atoms with van der Waals surface area (Å²) in [5, 5.41) is 2.27. The maximum Gasteiger partial charge on any atom is 2.00 e. The minimum absolute atomic E-state index is 0. The topological polar surface area (TPSA) is 61.5 Å². The summed E-state index contributed by atoms with van der Waals surface area (Å²) < 4.78 is 15.5. The number of benzene rings is 3. The molecular weight excluding hydrogens is 752 g/mol. The van der Waals surface area contributed by atoms with Gasteiger partial charge in [-0.3, -0.25) is 9.98 Å². The van der Waals surface area contributed by atoms with Gasteiger partial charge in [0.2, 0.25) is 0 Å². The van der Waals surface area contributed by atoms with Crippen molar-refractivity contribution < 1.29 is 30.5 Å². The van der Waals surface area contributed by atoms with Crippen LogP contribution in [-0.4, -0.2) is 26.0 Å². The molecule has 8 rings (SSSR count). The molecule has 1 aliphatic heterocycles. The Morgan fingerprint density at radius 2 is 1.54 bits per heavy atom. The van der Waals surface area contributed by atoms with E-state index in [9.17, 15) is 0 Å². The average Bonchev–Trinajstić information content (AvgIpc) is 3.52. The third-order valence-corrected chi connectivity index (χ3v) is 10.1. The molecule has 0 saturated carbocycles. The van der Waals surface area contributed by atoms with Gasteiger partial charge in [-0.1, -0.05) is 62.7 Å². The number of ether oxygens (including phenoxy) is 2. The summed E-state index contributed by atoms with van der Waals surface area (Å²) in [5.74, 6) is 1.75. The van der Waals surface area contributed by atoms with Crippen molar-refractivity contribution in [2.24, 2.45) is 4.99 Å². The van der Waals surface area contributed by atoms with Crippen LogP contribution >= 0.6 is 0 Å². The maximum absolute atomic E-state index is 6.81. The van der Waals surface area contributed by atoms with Gasteiger partial charge in [-0.05, 0) is 62.2 Å². The zero-order valence-electron chi connectivity index (χ0n) is 26.9. The van der Waals surface area contributed by atoms with E-state index in [4.69, 9.17) is 19.5 Å². The molecule has 46 heavy (non-hydrogen) atoms. The van der Waals surface area contributed by atoms with E-state index in [1.807, 2.05) is 43.7 Å². The first-order chi connectivity index (χ1) is 21.5. The van der Waals surface area contributed by atoms with Crippen molar-refractivity contribution in [2.45, 2.75) is 65.0 Å². The number of pyridine rings is 2. The number of fused-ring (bicyclic) bond motifs is 6. The molecule has 232 valence electrons. The Labute approximate surface area is 283 Å². The molecule has 7 heteroatoms. The number of rotatable bonds is 4. The molecule has 0 saturated heterocycles. The van der Waals surface area contributed by atoms with Crippen LogP contribution in [0.25, 0.3) is 27.6 Å². The fourth-order valence-corrected chi connectivity index (χ4v) is 7.38. The molecule has 0 N–H and O–H groups in total. The van der Waals surface area contributed by atoms with Crippen molar-refractivity contribution in [2.75, 3.05) is 0 Å². The van der Waals surface area contributed by atoms with E-state index in [0.29, 0.717) is 17.4 Å². The van der Waals surface area contributed by atoms with Gasteiger partial charge in [-0.15, -0.1) is 29.8 Å². The van der Waals surface area contributed by atoms with Gasteiger partial charge in [0.1, 0.15) is 22.7 Å². The van der Waals surface area contributed by atoms with Crippen LogP contribution in [-0.2, 0) is 36.8 Å². The second-order valence-corrected chi connectivity index (χ2v) is 13.3. The molecule has 6 aromatic rings. The average molecular weight is 786 g/mol. The van der Waals surface area contributed by atoms with Gasteiger partial charge in [0.25, 0.3) is 0 Å². The molecule has 0 fully saturated rings. The van der Waals surface area contributed by atoms with Crippen LogP contribution in [0.5, 0.6) is 11.5 Å². The number of hydrogen-bond acceptors (Lipinski definition) is 5. The molecule has 0 bridgehead atoms. The molecule has 2 aliphatic rings. The van der Waals surface area contributed by atoms with E-state index in [1.165, 1.54) is 16.5 Å². The van der Waals surface area contributed by atoms with Gasteiger partial charge < -0.3 is 14.0 Å². The van der Waals surface area contributed by atoms with Gasteiger partial charge in [-0.25, -0.2) is 4.98 Å².